The van der Waals surface area contributed by atoms with E-state index in [0.29, 0.717) is 28.0 Å². The van der Waals surface area contributed by atoms with Gasteiger partial charge < -0.3 is 19.1 Å². The maximum Gasteiger partial charge on any atom is 0.336 e. The van der Waals surface area contributed by atoms with Crippen LogP contribution in [0.25, 0.3) is 21.9 Å². The number of hydrogen-bond acceptors (Lipinski definition) is 5. The lowest BCUT2D eigenvalue weighted by molar-refractivity contribution is -0.116. The van der Waals surface area contributed by atoms with E-state index in [1.54, 1.807) is 11.8 Å². The van der Waals surface area contributed by atoms with Crippen LogP contribution in [-0.2, 0) is 4.79 Å². The van der Waals surface area contributed by atoms with E-state index in [1.165, 1.54) is 6.07 Å². The van der Waals surface area contributed by atoms with E-state index in [9.17, 15) is 9.59 Å². The summed E-state index contributed by atoms with van der Waals surface area (Å²) in [5.41, 5.74) is 1.95. The van der Waals surface area contributed by atoms with Crippen molar-refractivity contribution in [3.63, 3.8) is 0 Å². The van der Waals surface area contributed by atoms with Gasteiger partial charge >= 0.3 is 5.63 Å². The zero-order chi connectivity index (χ0) is 16.7. The quantitative estimate of drug-likeness (QED) is 0.752. The van der Waals surface area contributed by atoms with Crippen molar-refractivity contribution in [3.8, 4) is 0 Å². The number of amides is 1. The largest absolute Gasteiger partial charge is 0.459 e. The Morgan fingerprint density at radius 3 is 2.65 bits per heavy atom. The number of hydrogen-bond donors (Lipinski definition) is 1. The monoisotopic (exact) mass is 314 g/mol. The van der Waals surface area contributed by atoms with Gasteiger partial charge in [-0.15, -0.1) is 0 Å². The lowest BCUT2D eigenvalue weighted by Crippen LogP contribution is -2.27. The van der Waals surface area contributed by atoms with Gasteiger partial charge in [0, 0.05) is 11.5 Å². The topological polar surface area (TPSA) is 75.7 Å². The highest BCUT2D eigenvalue weighted by Gasteiger charge is 2.19. The van der Waals surface area contributed by atoms with E-state index in [1.807, 2.05) is 33.2 Å². The molecule has 0 aliphatic rings. The van der Waals surface area contributed by atoms with Gasteiger partial charge in [0.1, 0.15) is 11.3 Å². The number of carbonyl (C=O) groups excluding carboxylic acids is 1. The number of likely N-dealkylation sites (N-methyl/N-ethyl adjacent to an activating group) is 1. The maximum atomic E-state index is 12.1. The Morgan fingerprint density at radius 2 is 1.96 bits per heavy atom. The minimum absolute atomic E-state index is 0.159. The summed E-state index contributed by atoms with van der Waals surface area (Å²) in [6.07, 6.45) is 0. The molecule has 0 radical (unpaired) electrons. The Labute approximate surface area is 132 Å². The highest BCUT2D eigenvalue weighted by Crippen LogP contribution is 2.36. The molecule has 0 fully saturated rings. The van der Waals surface area contributed by atoms with Crippen LogP contribution < -0.4 is 10.9 Å². The maximum absolute atomic E-state index is 12.1. The molecule has 2 aromatic heterocycles. The van der Waals surface area contributed by atoms with Crippen LogP contribution in [0, 0.1) is 13.8 Å². The Hall–Kier alpha value is -2.60. The summed E-state index contributed by atoms with van der Waals surface area (Å²) in [7, 11) is 3.63. The number of fused-ring (bicyclic) bond motifs is 3. The second-order valence-electron chi connectivity index (χ2n) is 5.88. The zero-order valence-corrected chi connectivity index (χ0v) is 13.5. The van der Waals surface area contributed by atoms with Crippen molar-refractivity contribution in [2.24, 2.45) is 0 Å². The first-order chi connectivity index (χ1) is 10.9. The molecule has 0 aliphatic carbocycles. The lowest BCUT2D eigenvalue weighted by atomic mass is 10.1. The highest BCUT2D eigenvalue weighted by atomic mass is 16.4. The number of carbonyl (C=O) groups is 1. The average Bonchev–Trinajstić information content (AvgIpc) is 2.74. The number of benzene rings is 1. The molecule has 3 rings (SSSR count). The molecule has 120 valence electrons. The fourth-order valence-electron chi connectivity index (χ4n) is 2.70. The average molecular weight is 314 g/mol. The Morgan fingerprint density at radius 1 is 1.22 bits per heavy atom. The standard InChI is InChI=1S/C17H18N2O4/c1-9-7-14(21)23-17-11(9)5-6-12-15(17)16(10(2)22-12)18-13(20)8-19(3)4/h5-7H,8H2,1-4H3,(H,18,20). The van der Waals surface area contributed by atoms with Crippen molar-refractivity contribution in [1.82, 2.24) is 4.90 Å². The van der Waals surface area contributed by atoms with Gasteiger partial charge in [-0.1, -0.05) is 0 Å². The van der Waals surface area contributed by atoms with E-state index in [2.05, 4.69) is 5.32 Å². The van der Waals surface area contributed by atoms with Crippen molar-refractivity contribution in [1.29, 1.82) is 0 Å². The van der Waals surface area contributed by atoms with Gasteiger partial charge in [-0.3, -0.25) is 4.79 Å². The summed E-state index contributed by atoms with van der Waals surface area (Å²) in [6, 6.07) is 5.12. The van der Waals surface area contributed by atoms with Crippen LogP contribution in [0.5, 0.6) is 0 Å². The number of rotatable bonds is 3. The molecule has 2 heterocycles. The molecular weight excluding hydrogens is 296 g/mol. The van der Waals surface area contributed by atoms with Gasteiger partial charge in [-0.05, 0) is 45.6 Å². The van der Waals surface area contributed by atoms with Crippen LogP contribution in [0.2, 0.25) is 0 Å². The Kier molecular flexibility index (Phi) is 3.69. The predicted octanol–water partition coefficient (Wildman–Crippen LogP) is 2.66. The molecule has 0 unspecified atom stereocenters. The van der Waals surface area contributed by atoms with Crippen molar-refractivity contribution < 1.29 is 13.6 Å². The molecule has 0 atom stereocenters. The van der Waals surface area contributed by atoms with Gasteiger partial charge in [-0.2, -0.15) is 0 Å². The first kappa shape index (κ1) is 15.3. The van der Waals surface area contributed by atoms with E-state index in [0.717, 1.165) is 10.9 Å². The highest BCUT2D eigenvalue weighted by molar-refractivity contribution is 6.13. The fraction of sp³-hybridized carbons (Fsp3) is 0.294. The van der Waals surface area contributed by atoms with Crippen molar-refractivity contribution in [3.05, 3.63) is 39.9 Å². The van der Waals surface area contributed by atoms with E-state index in [-0.39, 0.29) is 12.5 Å². The number of aryl methyl sites for hydroxylation is 2. The summed E-state index contributed by atoms with van der Waals surface area (Å²) >= 11 is 0. The summed E-state index contributed by atoms with van der Waals surface area (Å²) in [5.74, 6) is 0.413. The van der Waals surface area contributed by atoms with Crippen molar-refractivity contribution in [2.45, 2.75) is 13.8 Å². The van der Waals surface area contributed by atoms with Crippen molar-refractivity contribution >= 4 is 33.5 Å². The summed E-state index contributed by atoms with van der Waals surface area (Å²) < 4.78 is 11.1. The van der Waals surface area contributed by atoms with Gasteiger partial charge in [0.15, 0.2) is 5.58 Å². The first-order valence-electron chi connectivity index (χ1n) is 7.28. The first-order valence-corrected chi connectivity index (χ1v) is 7.28. The van der Waals surface area contributed by atoms with Crippen LogP contribution in [0.15, 0.2) is 31.8 Å². The molecule has 3 aromatic rings. The normalized spacial score (nSPS) is 11.5. The van der Waals surface area contributed by atoms with Crippen molar-refractivity contribution in [2.75, 3.05) is 26.0 Å². The van der Waals surface area contributed by atoms with Crippen LogP contribution in [0.1, 0.15) is 11.3 Å². The Bertz CT molecular complexity index is 966. The third kappa shape index (κ3) is 2.73. The fourth-order valence-corrected chi connectivity index (χ4v) is 2.70. The lowest BCUT2D eigenvalue weighted by Gasteiger charge is -2.10. The molecule has 23 heavy (non-hydrogen) atoms. The molecule has 0 saturated carbocycles. The molecule has 0 aliphatic heterocycles. The smallest absolute Gasteiger partial charge is 0.336 e. The minimum Gasteiger partial charge on any atom is -0.459 e. The number of nitrogens with zero attached hydrogens (tertiary/aromatic N) is 1. The second-order valence-corrected chi connectivity index (χ2v) is 5.88. The summed E-state index contributed by atoms with van der Waals surface area (Å²) in [5, 5.41) is 4.30. The van der Waals surface area contributed by atoms with Gasteiger partial charge in [0.2, 0.25) is 5.91 Å². The van der Waals surface area contributed by atoms with Gasteiger partial charge in [-0.25, -0.2) is 4.79 Å². The summed E-state index contributed by atoms with van der Waals surface area (Å²) in [4.78, 5) is 25.6. The molecule has 1 aromatic carbocycles. The predicted molar refractivity (Wildman–Crippen MR) is 88.9 cm³/mol. The van der Waals surface area contributed by atoms with E-state index >= 15 is 0 Å². The molecular formula is C17H18N2O4. The molecule has 6 nitrogen and oxygen atoms in total. The molecule has 0 saturated heterocycles. The number of nitrogens with one attached hydrogen (secondary N) is 1. The third-order valence-electron chi connectivity index (χ3n) is 3.67. The zero-order valence-electron chi connectivity index (χ0n) is 13.5. The second kappa shape index (κ2) is 5.55. The molecule has 1 N–H and O–H groups in total. The van der Waals surface area contributed by atoms with Gasteiger partial charge in [0.25, 0.3) is 0 Å². The van der Waals surface area contributed by atoms with E-state index < -0.39 is 5.63 Å². The van der Waals surface area contributed by atoms with Crippen LogP contribution in [0.4, 0.5) is 5.69 Å². The van der Waals surface area contributed by atoms with Crippen LogP contribution in [-0.4, -0.2) is 31.4 Å². The SMILES string of the molecule is Cc1oc2ccc3c(C)cc(=O)oc3c2c1NC(=O)CN(C)C. The van der Waals surface area contributed by atoms with E-state index in [4.69, 9.17) is 8.83 Å². The van der Waals surface area contributed by atoms with Crippen LogP contribution in [0.3, 0.4) is 0 Å². The molecule has 6 heteroatoms. The summed E-state index contributed by atoms with van der Waals surface area (Å²) in [6.45, 7) is 3.87. The minimum atomic E-state index is -0.424. The number of furan rings is 1. The molecule has 0 bridgehead atoms. The third-order valence-corrected chi connectivity index (χ3v) is 3.67. The number of anilines is 1. The molecule has 0 spiro atoms. The van der Waals surface area contributed by atoms with Crippen LogP contribution >= 0.6 is 0 Å². The molecule has 1 amide bonds. The van der Waals surface area contributed by atoms with Gasteiger partial charge in [0.05, 0.1) is 17.6 Å². The Balaban J connectivity index is 2.25.